The predicted molar refractivity (Wildman–Crippen MR) is 127 cm³/mol. The summed E-state index contributed by atoms with van der Waals surface area (Å²) in [6.07, 6.45) is 2.68. The van der Waals surface area contributed by atoms with E-state index < -0.39 is 0 Å². The molecule has 0 aliphatic heterocycles. The molecule has 0 saturated heterocycles. The lowest BCUT2D eigenvalue weighted by Gasteiger charge is -2.07. The van der Waals surface area contributed by atoms with Crippen molar-refractivity contribution in [1.82, 2.24) is 25.0 Å². The Kier molecular flexibility index (Phi) is 5.59. The molecular weight excluding hydrogens is 418 g/mol. The van der Waals surface area contributed by atoms with Crippen molar-refractivity contribution < 1.29 is 9.47 Å². The molecule has 33 heavy (non-hydrogen) atoms. The Balaban J connectivity index is 1.10. The van der Waals surface area contributed by atoms with E-state index in [4.69, 9.17) is 20.9 Å². The Hall–Kier alpha value is -4.40. The highest BCUT2D eigenvalue weighted by Gasteiger charge is 2.05. The monoisotopic (exact) mass is 441 g/mol. The fraction of sp³-hybridized carbons (Fsp3) is 0.167. The number of rotatable bonds is 8. The molecule has 9 nitrogen and oxygen atoms in total. The molecule has 0 radical (unpaired) electrons. The molecule has 4 N–H and O–H groups in total. The summed E-state index contributed by atoms with van der Waals surface area (Å²) in [6.45, 7) is 1.59. The number of nitrogens with zero attached hydrogens (tertiary/aromatic N) is 5. The van der Waals surface area contributed by atoms with Gasteiger partial charge in [0.1, 0.15) is 35.4 Å². The van der Waals surface area contributed by atoms with Crippen molar-refractivity contribution in [3.8, 4) is 11.5 Å². The summed E-state index contributed by atoms with van der Waals surface area (Å²) >= 11 is 0. The smallest absolute Gasteiger partial charge is 0.134 e. The first kappa shape index (κ1) is 20.5. The zero-order valence-electron chi connectivity index (χ0n) is 17.9. The van der Waals surface area contributed by atoms with Crippen LogP contribution in [0.2, 0.25) is 0 Å². The second kappa shape index (κ2) is 8.99. The van der Waals surface area contributed by atoms with Gasteiger partial charge in [0, 0.05) is 23.7 Å². The largest absolute Gasteiger partial charge is 0.494 e. The lowest BCUT2D eigenvalue weighted by Crippen LogP contribution is -2.05. The Morgan fingerprint density at radius 2 is 1.39 bits per heavy atom. The van der Waals surface area contributed by atoms with Gasteiger partial charge in [0.05, 0.1) is 23.8 Å². The van der Waals surface area contributed by atoms with Gasteiger partial charge in [0.25, 0.3) is 0 Å². The molecule has 3 heterocycles. The highest BCUT2D eigenvalue weighted by atomic mass is 16.5. The number of aryl methyl sites for hydroxylation is 1. The van der Waals surface area contributed by atoms with Gasteiger partial charge in [-0.25, -0.2) is 9.97 Å². The molecular formula is C24H23N7O2. The maximum absolute atomic E-state index is 5.86. The molecule has 5 rings (SSSR count). The molecule has 0 saturated carbocycles. The number of nitrogens with two attached hydrogens (primary N) is 2. The van der Waals surface area contributed by atoms with Crippen molar-refractivity contribution in [2.45, 2.75) is 19.6 Å². The van der Waals surface area contributed by atoms with E-state index in [-0.39, 0.29) is 0 Å². The molecule has 3 aromatic heterocycles. The van der Waals surface area contributed by atoms with Crippen LogP contribution in [0.5, 0.6) is 11.5 Å². The average molecular weight is 441 g/mol. The Bertz CT molecular complexity index is 1420. The van der Waals surface area contributed by atoms with Crippen LogP contribution in [0, 0.1) is 0 Å². The van der Waals surface area contributed by atoms with E-state index in [1.165, 1.54) is 0 Å². The number of aromatic nitrogens is 5. The maximum Gasteiger partial charge on any atom is 0.134 e. The van der Waals surface area contributed by atoms with Crippen molar-refractivity contribution in [1.29, 1.82) is 0 Å². The van der Waals surface area contributed by atoms with Crippen LogP contribution in [0.4, 0.5) is 11.6 Å². The first-order valence-corrected chi connectivity index (χ1v) is 10.6. The number of anilines is 2. The molecule has 0 aliphatic carbocycles. The number of nitrogen functional groups attached to an aromatic ring is 2. The van der Waals surface area contributed by atoms with Gasteiger partial charge >= 0.3 is 0 Å². The van der Waals surface area contributed by atoms with Gasteiger partial charge in [-0.05, 0) is 60.7 Å². The predicted octanol–water partition coefficient (Wildman–Crippen LogP) is 3.59. The van der Waals surface area contributed by atoms with E-state index in [2.05, 4.69) is 20.3 Å². The quantitative estimate of drug-likeness (QED) is 0.350. The van der Waals surface area contributed by atoms with Gasteiger partial charge in [-0.3, -0.25) is 4.68 Å². The summed E-state index contributed by atoms with van der Waals surface area (Å²) in [5, 5.41) is 10.3. The molecule has 2 aromatic carbocycles. The third-order valence-electron chi connectivity index (χ3n) is 5.14. The molecule has 0 unspecified atom stereocenters. The number of fused-ring (bicyclic) bond motifs is 2. The summed E-state index contributed by atoms with van der Waals surface area (Å²) in [5.41, 5.74) is 13.9. The van der Waals surface area contributed by atoms with E-state index in [0.717, 1.165) is 45.4 Å². The van der Waals surface area contributed by atoms with Gasteiger partial charge in [0.2, 0.25) is 0 Å². The number of hydrogen-bond acceptors (Lipinski definition) is 8. The first-order valence-electron chi connectivity index (χ1n) is 10.6. The SMILES string of the molecule is Nc1ccc2cc(OCCCn3cc(COc4ccc5nc(N)ccc5c4)nn3)ccc2n1. The van der Waals surface area contributed by atoms with Crippen LogP contribution in [0.25, 0.3) is 21.8 Å². The zero-order chi connectivity index (χ0) is 22.6. The standard InChI is InChI=1S/C24H23N7O2/c25-23-8-2-16-12-19(4-6-21(16)27-23)32-11-1-10-31-14-18(29-30-31)15-33-20-5-7-22-17(13-20)3-9-24(26)28-22/h2-9,12-14H,1,10-11,15H2,(H2,25,27)(H2,26,28). The molecule has 0 bridgehead atoms. The van der Waals surface area contributed by atoms with Crippen LogP contribution in [0.3, 0.4) is 0 Å². The summed E-state index contributed by atoms with van der Waals surface area (Å²) in [6, 6.07) is 18.9. The van der Waals surface area contributed by atoms with Gasteiger partial charge in [-0.2, -0.15) is 0 Å². The highest BCUT2D eigenvalue weighted by molar-refractivity contribution is 5.82. The average Bonchev–Trinajstić information content (AvgIpc) is 3.28. The molecule has 0 fully saturated rings. The van der Waals surface area contributed by atoms with E-state index >= 15 is 0 Å². The normalized spacial score (nSPS) is 11.2. The Morgan fingerprint density at radius 1 is 0.758 bits per heavy atom. The van der Waals surface area contributed by atoms with Crippen LogP contribution < -0.4 is 20.9 Å². The number of pyridine rings is 2. The molecule has 5 aromatic rings. The highest BCUT2D eigenvalue weighted by Crippen LogP contribution is 2.22. The fourth-order valence-electron chi connectivity index (χ4n) is 3.51. The maximum atomic E-state index is 5.86. The molecule has 0 aliphatic rings. The lowest BCUT2D eigenvalue weighted by molar-refractivity contribution is 0.298. The fourth-order valence-corrected chi connectivity index (χ4v) is 3.51. The van der Waals surface area contributed by atoms with Crippen LogP contribution in [0.1, 0.15) is 12.1 Å². The minimum atomic E-state index is 0.333. The minimum absolute atomic E-state index is 0.333. The van der Waals surface area contributed by atoms with E-state index in [1.807, 2.05) is 54.7 Å². The molecule has 0 atom stereocenters. The second-order valence-electron chi connectivity index (χ2n) is 7.64. The minimum Gasteiger partial charge on any atom is -0.494 e. The summed E-state index contributed by atoms with van der Waals surface area (Å²) in [5.74, 6) is 2.55. The van der Waals surface area contributed by atoms with Crippen LogP contribution in [-0.2, 0) is 13.2 Å². The van der Waals surface area contributed by atoms with Gasteiger partial charge in [-0.15, -0.1) is 5.10 Å². The number of ether oxygens (including phenoxy) is 2. The van der Waals surface area contributed by atoms with Crippen molar-refractivity contribution in [3.63, 3.8) is 0 Å². The van der Waals surface area contributed by atoms with Gasteiger partial charge < -0.3 is 20.9 Å². The Morgan fingerprint density at radius 3 is 2.06 bits per heavy atom. The number of hydrogen-bond donors (Lipinski definition) is 2. The lowest BCUT2D eigenvalue weighted by atomic mass is 10.2. The summed E-state index contributed by atoms with van der Waals surface area (Å²) < 4.78 is 13.5. The van der Waals surface area contributed by atoms with E-state index in [1.54, 1.807) is 16.8 Å². The van der Waals surface area contributed by atoms with Gasteiger partial charge in [-0.1, -0.05) is 5.21 Å². The zero-order valence-corrected chi connectivity index (χ0v) is 17.9. The first-order chi connectivity index (χ1) is 16.1. The van der Waals surface area contributed by atoms with Crippen LogP contribution >= 0.6 is 0 Å². The Labute approximate surface area is 190 Å². The molecule has 9 heteroatoms. The topological polar surface area (TPSA) is 127 Å². The third-order valence-corrected chi connectivity index (χ3v) is 5.14. The molecule has 0 amide bonds. The second-order valence-corrected chi connectivity index (χ2v) is 7.64. The summed E-state index contributed by atoms with van der Waals surface area (Å²) in [7, 11) is 0. The van der Waals surface area contributed by atoms with Crippen molar-refractivity contribution in [2.24, 2.45) is 0 Å². The molecule has 166 valence electrons. The van der Waals surface area contributed by atoms with Crippen molar-refractivity contribution in [3.05, 3.63) is 72.6 Å². The van der Waals surface area contributed by atoms with Gasteiger partial charge in [0.15, 0.2) is 0 Å². The van der Waals surface area contributed by atoms with Crippen LogP contribution in [0.15, 0.2) is 66.9 Å². The number of benzene rings is 2. The van der Waals surface area contributed by atoms with E-state index in [0.29, 0.717) is 31.4 Å². The van der Waals surface area contributed by atoms with Crippen molar-refractivity contribution >= 4 is 33.4 Å². The molecule has 0 spiro atoms. The van der Waals surface area contributed by atoms with E-state index in [9.17, 15) is 0 Å². The summed E-state index contributed by atoms with van der Waals surface area (Å²) in [4.78, 5) is 8.58. The third kappa shape index (κ3) is 4.93. The van der Waals surface area contributed by atoms with Crippen LogP contribution in [-0.4, -0.2) is 31.6 Å². The van der Waals surface area contributed by atoms with Crippen molar-refractivity contribution in [2.75, 3.05) is 18.1 Å².